The van der Waals surface area contributed by atoms with Crippen molar-refractivity contribution in [2.24, 2.45) is 0 Å². The van der Waals surface area contributed by atoms with Gasteiger partial charge < -0.3 is 10.4 Å². The first-order chi connectivity index (χ1) is 5.79. The Labute approximate surface area is 70.0 Å². The molecule has 0 bridgehead atoms. The average molecular weight is 163 g/mol. The molecule has 1 aliphatic rings. The third kappa shape index (κ3) is 0.987. The molecule has 1 aromatic rings. The average Bonchev–Trinajstić information content (AvgIpc) is 2.15. The van der Waals surface area contributed by atoms with Crippen molar-refractivity contribution in [2.45, 2.75) is 12.1 Å². The van der Waals surface area contributed by atoms with Crippen molar-refractivity contribution in [1.29, 1.82) is 0 Å². The SMILES string of the molecule is O=C1N[C@H](c2ccccc2)[C@@H]1O. The summed E-state index contributed by atoms with van der Waals surface area (Å²) in [7, 11) is 0. The van der Waals surface area contributed by atoms with E-state index in [-0.39, 0.29) is 11.9 Å². The van der Waals surface area contributed by atoms with Crippen molar-refractivity contribution < 1.29 is 9.90 Å². The maximum Gasteiger partial charge on any atom is 0.251 e. The highest BCUT2D eigenvalue weighted by atomic mass is 16.3. The molecule has 0 aromatic heterocycles. The highest BCUT2D eigenvalue weighted by Gasteiger charge is 2.38. The third-order valence-corrected chi connectivity index (χ3v) is 2.04. The lowest BCUT2D eigenvalue weighted by molar-refractivity contribution is -0.142. The topological polar surface area (TPSA) is 49.3 Å². The molecule has 0 aliphatic carbocycles. The molecule has 2 N–H and O–H groups in total. The van der Waals surface area contributed by atoms with Crippen LogP contribution in [-0.4, -0.2) is 17.1 Å². The van der Waals surface area contributed by atoms with Gasteiger partial charge in [-0.25, -0.2) is 0 Å². The summed E-state index contributed by atoms with van der Waals surface area (Å²) >= 11 is 0. The molecule has 1 amide bonds. The van der Waals surface area contributed by atoms with Gasteiger partial charge in [-0.15, -0.1) is 0 Å². The number of hydrogen-bond donors (Lipinski definition) is 2. The Hall–Kier alpha value is -1.35. The summed E-state index contributed by atoms with van der Waals surface area (Å²) in [6, 6.07) is 9.22. The van der Waals surface area contributed by atoms with E-state index in [0.29, 0.717) is 0 Å². The molecule has 1 fully saturated rings. The maximum absolute atomic E-state index is 10.7. The molecule has 0 unspecified atom stereocenters. The van der Waals surface area contributed by atoms with E-state index >= 15 is 0 Å². The van der Waals surface area contributed by atoms with Crippen LogP contribution in [0.4, 0.5) is 0 Å². The van der Waals surface area contributed by atoms with Gasteiger partial charge >= 0.3 is 0 Å². The zero-order chi connectivity index (χ0) is 8.55. The molecule has 2 atom stereocenters. The summed E-state index contributed by atoms with van der Waals surface area (Å²) in [6.07, 6.45) is -0.868. The quantitative estimate of drug-likeness (QED) is 0.582. The molecule has 2 rings (SSSR count). The van der Waals surface area contributed by atoms with Crippen molar-refractivity contribution in [2.75, 3.05) is 0 Å². The lowest BCUT2D eigenvalue weighted by atomic mass is 9.94. The number of β-lactam (4-membered cyclic amide) rings is 1. The van der Waals surface area contributed by atoms with Gasteiger partial charge in [0.1, 0.15) is 0 Å². The van der Waals surface area contributed by atoms with E-state index in [4.69, 9.17) is 0 Å². The largest absolute Gasteiger partial charge is 0.381 e. The number of aliphatic hydroxyl groups excluding tert-OH is 1. The minimum Gasteiger partial charge on any atom is -0.381 e. The van der Waals surface area contributed by atoms with Crippen LogP contribution in [0.1, 0.15) is 11.6 Å². The van der Waals surface area contributed by atoms with Crippen molar-refractivity contribution in [3.63, 3.8) is 0 Å². The number of amides is 1. The van der Waals surface area contributed by atoms with E-state index in [1.165, 1.54) is 0 Å². The molecule has 1 heterocycles. The Balaban J connectivity index is 2.18. The van der Waals surface area contributed by atoms with Crippen LogP contribution in [0.25, 0.3) is 0 Å². The number of benzene rings is 1. The van der Waals surface area contributed by atoms with Crippen molar-refractivity contribution in [3.8, 4) is 0 Å². The molecule has 12 heavy (non-hydrogen) atoms. The van der Waals surface area contributed by atoms with Gasteiger partial charge in [0.05, 0.1) is 6.04 Å². The number of hydrogen-bond acceptors (Lipinski definition) is 2. The van der Waals surface area contributed by atoms with Crippen LogP contribution in [0.15, 0.2) is 30.3 Å². The summed E-state index contributed by atoms with van der Waals surface area (Å²) in [5, 5.41) is 11.8. The molecular weight excluding hydrogens is 154 g/mol. The molecule has 0 spiro atoms. The number of aliphatic hydroxyl groups is 1. The molecular formula is C9H9NO2. The predicted octanol–water partition coefficient (Wildman–Crippen LogP) is 0.218. The highest BCUT2D eigenvalue weighted by molar-refractivity contribution is 5.88. The van der Waals surface area contributed by atoms with Gasteiger partial charge in [0.15, 0.2) is 6.10 Å². The van der Waals surface area contributed by atoms with Gasteiger partial charge in [0.2, 0.25) is 0 Å². The van der Waals surface area contributed by atoms with Crippen LogP contribution in [0.3, 0.4) is 0 Å². The lowest BCUT2D eigenvalue weighted by Gasteiger charge is -2.33. The summed E-state index contributed by atoms with van der Waals surface area (Å²) in [5.41, 5.74) is 0.949. The van der Waals surface area contributed by atoms with Crippen molar-refractivity contribution >= 4 is 5.91 Å². The summed E-state index contributed by atoms with van der Waals surface area (Å²) in [6.45, 7) is 0. The number of nitrogens with one attached hydrogen (secondary N) is 1. The smallest absolute Gasteiger partial charge is 0.251 e. The van der Waals surface area contributed by atoms with Gasteiger partial charge in [0.25, 0.3) is 5.91 Å². The van der Waals surface area contributed by atoms with Crippen LogP contribution in [0.2, 0.25) is 0 Å². The standard InChI is InChI=1S/C9H9NO2/c11-8-7(10-9(8)12)6-4-2-1-3-5-6/h1-5,7-8,11H,(H,10,12)/t7-,8+/m1/s1. The van der Waals surface area contributed by atoms with E-state index < -0.39 is 6.10 Å². The molecule has 3 heteroatoms. The van der Waals surface area contributed by atoms with Crippen molar-refractivity contribution in [3.05, 3.63) is 35.9 Å². The van der Waals surface area contributed by atoms with Crippen LogP contribution in [0.5, 0.6) is 0 Å². The predicted molar refractivity (Wildman–Crippen MR) is 43.3 cm³/mol. The number of carbonyl (C=O) groups excluding carboxylic acids is 1. The number of rotatable bonds is 1. The van der Waals surface area contributed by atoms with Gasteiger partial charge in [0, 0.05) is 0 Å². The second kappa shape index (κ2) is 2.60. The normalized spacial score (nSPS) is 27.6. The minimum absolute atomic E-state index is 0.210. The molecule has 0 saturated carbocycles. The lowest BCUT2D eigenvalue weighted by Crippen LogP contribution is -2.55. The van der Waals surface area contributed by atoms with Crippen LogP contribution in [-0.2, 0) is 4.79 Å². The second-order valence-corrected chi connectivity index (χ2v) is 2.84. The van der Waals surface area contributed by atoms with E-state index in [2.05, 4.69) is 5.32 Å². The van der Waals surface area contributed by atoms with Gasteiger partial charge in [-0.2, -0.15) is 0 Å². The van der Waals surface area contributed by atoms with Crippen LogP contribution in [0, 0.1) is 0 Å². The van der Waals surface area contributed by atoms with Gasteiger partial charge in [-0.1, -0.05) is 30.3 Å². The number of carbonyl (C=O) groups is 1. The van der Waals surface area contributed by atoms with E-state index in [1.807, 2.05) is 30.3 Å². The van der Waals surface area contributed by atoms with Gasteiger partial charge in [-0.3, -0.25) is 4.79 Å². The summed E-state index contributed by atoms with van der Waals surface area (Å²) in [4.78, 5) is 10.7. The first-order valence-electron chi connectivity index (χ1n) is 3.82. The molecule has 1 saturated heterocycles. The van der Waals surface area contributed by atoms with E-state index in [0.717, 1.165) is 5.56 Å². The second-order valence-electron chi connectivity index (χ2n) is 2.84. The molecule has 1 aromatic carbocycles. The first-order valence-corrected chi connectivity index (χ1v) is 3.82. The van der Waals surface area contributed by atoms with E-state index in [1.54, 1.807) is 0 Å². The fraction of sp³-hybridized carbons (Fsp3) is 0.222. The Bertz CT molecular complexity index is 297. The Kier molecular flexibility index (Phi) is 1.59. The third-order valence-electron chi connectivity index (χ3n) is 2.04. The molecule has 0 radical (unpaired) electrons. The maximum atomic E-state index is 10.7. The Morgan fingerprint density at radius 2 is 1.92 bits per heavy atom. The Morgan fingerprint density at radius 3 is 2.42 bits per heavy atom. The van der Waals surface area contributed by atoms with Crippen LogP contribution < -0.4 is 5.32 Å². The molecule has 62 valence electrons. The van der Waals surface area contributed by atoms with Crippen molar-refractivity contribution in [1.82, 2.24) is 5.32 Å². The van der Waals surface area contributed by atoms with E-state index in [9.17, 15) is 9.90 Å². The zero-order valence-corrected chi connectivity index (χ0v) is 6.40. The fourth-order valence-corrected chi connectivity index (χ4v) is 1.30. The molecule has 1 aliphatic heterocycles. The summed E-state index contributed by atoms with van der Waals surface area (Å²) < 4.78 is 0. The minimum atomic E-state index is -0.868. The fourth-order valence-electron chi connectivity index (χ4n) is 1.30. The summed E-state index contributed by atoms with van der Waals surface area (Å²) in [5.74, 6) is -0.288. The molecule has 3 nitrogen and oxygen atoms in total. The first kappa shape index (κ1) is 7.31. The highest BCUT2D eigenvalue weighted by Crippen LogP contribution is 2.23. The van der Waals surface area contributed by atoms with Crippen LogP contribution >= 0.6 is 0 Å². The van der Waals surface area contributed by atoms with Gasteiger partial charge in [-0.05, 0) is 5.56 Å². The Morgan fingerprint density at radius 1 is 1.25 bits per heavy atom. The zero-order valence-electron chi connectivity index (χ0n) is 6.40. The monoisotopic (exact) mass is 163 g/mol.